The van der Waals surface area contributed by atoms with Crippen LogP contribution >= 0.6 is 22.6 Å². The van der Waals surface area contributed by atoms with E-state index < -0.39 is 0 Å². The summed E-state index contributed by atoms with van der Waals surface area (Å²) in [7, 11) is 2.26. The SMILES string of the molecule is CCC1CCC([C@H]2C[C@H]3CCC(C2C(=O)OCC2CCCCC2)N3C)CC1I. The number of ether oxygens (including phenoxy) is 1. The van der Waals surface area contributed by atoms with Crippen LogP contribution in [0.2, 0.25) is 0 Å². The fourth-order valence-corrected chi connectivity index (χ4v) is 8.55. The predicted octanol–water partition coefficient (Wildman–Crippen LogP) is 5.84. The van der Waals surface area contributed by atoms with E-state index in [2.05, 4.69) is 41.5 Å². The highest BCUT2D eigenvalue weighted by Gasteiger charge is 2.52. The molecule has 2 bridgehead atoms. The van der Waals surface area contributed by atoms with Crippen molar-refractivity contribution in [1.82, 2.24) is 4.90 Å². The number of rotatable bonds is 5. The first-order valence-electron chi connectivity index (χ1n) is 12.1. The van der Waals surface area contributed by atoms with Crippen molar-refractivity contribution in [3.05, 3.63) is 0 Å². The molecule has 0 amide bonds. The number of hydrogen-bond acceptors (Lipinski definition) is 3. The molecule has 2 aliphatic carbocycles. The molecular weight excluding hydrogens is 461 g/mol. The summed E-state index contributed by atoms with van der Waals surface area (Å²) in [6.07, 6.45) is 15.5. The Bertz CT molecular complexity index is 535. The van der Waals surface area contributed by atoms with Gasteiger partial charge in [0.05, 0.1) is 12.5 Å². The molecule has 2 saturated carbocycles. The average molecular weight is 501 g/mol. The molecule has 2 saturated heterocycles. The summed E-state index contributed by atoms with van der Waals surface area (Å²) < 4.78 is 6.83. The van der Waals surface area contributed by atoms with E-state index in [0.717, 1.165) is 15.8 Å². The molecule has 2 aliphatic heterocycles. The monoisotopic (exact) mass is 501 g/mol. The first kappa shape index (κ1) is 21.4. The maximum atomic E-state index is 13.4. The molecule has 0 radical (unpaired) electrons. The minimum Gasteiger partial charge on any atom is -0.465 e. The zero-order valence-electron chi connectivity index (χ0n) is 18.0. The molecule has 0 aromatic heterocycles. The van der Waals surface area contributed by atoms with Crippen molar-refractivity contribution < 1.29 is 9.53 Å². The van der Waals surface area contributed by atoms with Gasteiger partial charge in [-0.05, 0) is 82.1 Å². The Labute approximate surface area is 185 Å². The number of alkyl halides is 1. The quantitative estimate of drug-likeness (QED) is 0.269. The Kier molecular flexibility index (Phi) is 7.28. The second-order valence-electron chi connectivity index (χ2n) is 10.3. The largest absolute Gasteiger partial charge is 0.465 e. The third-order valence-electron chi connectivity index (χ3n) is 8.85. The van der Waals surface area contributed by atoms with Gasteiger partial charge in [-0.25, -0.2) is 0 Å². The molecule has 4 heteroatoms. The lowest BCUT2D eigenvalue weighted by Gasteiger charge is -2.47. The third kappa shape index (κ3) is 4.43. The zero-order valence-corrected chi connectivity index (χ0v) is 20.1. The lowest BCUT2D eigenvalue weighted by atomic mass is 9.66. The smallest absolute Gasteiger partial charge is 0.310 e. The zero-order chi connectivity index (χ0) is 19.7. The van der Waals surface area contributed by atoms with Crippen molar-refractivity contribution in [3.8, 4) is 0 Å². The maximum absolute atomic E-state index is 13.4. The highest BCUT2D eigenvalue weighted by molar-refractivity contribution is 14.1. The number of piperidine rings is 1. The summed E-state index contributed by atoms with van der Waals surface area (Å²) >= 11 is 2.70. The van der Waals surface area contributed by atoms with E-state index in [1.807, 2.05) is 0 Å². The Balaban J connectivity index is 1.44. The molecular formula is C24H40INO2. The predicted molar refractivity (Wildman–Crippen MR) is 123 cm³/mol. The van der Waals surface area contributed by atoms with Gasteiger partial charge in [-0.2, -0.15) is 0 Å². The van der Waals surface area contributed by atoms with Crippen molar-refractivity contribution >= 4 is 28.6 Å². The summed E-state index contributed by atoms with van der Waals surface area (Å²) in [5.41, 5.74) is 0. The van der Waals surface area contributed by atoms with Crippen LogP contribution in [0.15, 0.2) is 0 Å². The van der Waals surface area contributed by atoms with Gasteiger partial charge in [-0.1, -0.05) is 55.2 Å². The van der Waals surface area contributed by atoms with E-state index in [9.17, 15) is 4.79 Å². The normalized spacial score (nSPS) is 42.5. The number of halogens is 1. The Morgan fingerprint density at radius 1 is 1.04 bits per heavy atom. The van der Waals surface area contributed by atoms with Crippen molar-refractivity contribution in [1.29, 1.82) is 0 Å². The lowest BCUT2D eigenvalue weighted by molar-refractivity contribution is -0.159. The highest BCUT2D eigenvalue weighted by Crippen LogP contribution is 2.50. The first-order valence-corrected chi connectivity index (χ1v) is 13.4. The maximum Gasteiger partial charge on any atom is 0.310 e. The minimum absolute atomic E-state index is 0.124. The van der Waals surface area contributed by atoms with Crippen LogP contribution in [-0.2, 0) is 9.53 Å². The summed E-state index contributed by atoms with van der Waals surface area (Å²) in [5.74, 6) is 3.06. The van der Waals surface area contributed by atoms with Crippen LogP contribution in [0.25, 0.3) is 0 Å². The van der Waals surface area contributed by atoms with E-state index in [4.69, 9.17) is 4.74 Å². The van der Waals surface area contributed by atoms with Gasteiger partial charge in [0.25, 0.3) is 0 Å². The van der Waals surface area contributed by atoms with Crippen molar-refractivity contribution in [2.75, 3.05) is 13.7 Å². The highest BCUT2D eigenvalue weighted by atomic mass is 127. The van der Waals surface area contributed by atoms with Gasteiger partial charge >= 0.3 is 5.97 Å². The van der Waals surface area contributed by atoms with Gasteiger partial charge in [0.1, 0.15) is 0 Å². The molecule has 4 aliphatic rings. The van der Waals surface area contributed by atoms with Crippen LogP contribution < -0.4 is 0 Å². The lowest BCUT2D eigenvalue weighted by Crippen LogP contribution is -2.52. The van der Waals surface area contributed by atoms with Crippen molar-refractivity contribution in [2.24, 2.45) is 29.6 Å². The van der Waals surface area contributed by atoms with Crippen LogP contribution in [0, 0.1) is 29.6 Å². The standard InChI is InChI=1S/C24H40INO2/c1-3-17-9-10-18(13-21(17)25)20-14-19-11-12-22(26(19)2)23(20)24(27)28-15-16-7-5-4-6-8-16/h16-23H,3-15H2,1-2H3/t17?,18?,19-,20-,21?,22?,23?/m1/s1. The minimum atomic E-state index is 0.124. The Morgan fingerprint density at radius 3 is 2.54 bits per heavy atom. The number of hydrogen-bond donors (Lipinski definition) is 0. The summed E-state index contributed by atoms with van der Waals surface area (Å²) in [6, 6.07) is 1.13. The number of fused-ring (bicyclic) bond motifs is 2. The molecule has 3 nitrogen and oxygen atoms in total. The third-order valence-corrected chi connectivity index (χ3v) is 10.4. The summed E-state index contributed by atoms with van der Waals surface area (Å²) in [6.45, 7) is 3.03. The Hall–Kier alpha value is 0.160. The van der Waals surface area contributed by atoms with E-state index in [1.165, 1.54) is 77.0 Å². The molecule has 0 N–H and O–H groups in total. The number of carbonyl (C=O) groups is 1. The summed E-state index contributed by atoms with van der Waals surface area (Å²) in [4.78, 5) is 15.9. The average Bonchev–Trinajstić information content (AvgIpc) is 2.95. The molecule has 160 valence electrons. The first-order chi connectivity index (χ1) is 13.6. The molecule has 28 heavy (non-hydrogen) atoms. The number of nitrogens with zero attached hydrogens (tertiary/aromatic N) is 1. The van der Waals surface area contributed by atoms with Crippen LogP contribution in [0.5, 0.6) is 0 Å². The van der Waals surface area contributed by atoms with E-state index >= 15 is 0 Å². The van der Waals surface area contributed by atoms with Gasteiger partial charge in [-0.3, -0.25) is 9.69 Å². The van der Waals surface area contributed by atoms with Crippen molar-refractivity contribution in [2.45, 2.75) is 100.0 Å². The molecule has 7 atom stereocenters. The van der Waals surface area contributed by atoms with Gasteiger partial charge in [-0.15, -0.1) is 0 Å². The molecule has 5 unspecified atom stereocenters. The summed E-state index contributed by atoms with van der Waals surface area (Å²) in [5, 5.41) is 0. The number of esters is 1. The number of carbonyl (C=O) groups excluding carboxylic acids is 1. The second kappa shape index (κ2) is 9.53. The van der Waals surface area contributed by atoms with Crippen LogP contribution in [0.3, 0.4) is 0 Å². The topological polar surface area (TPSA) is 29.5 Å². The van der Waals surface area contributed by atoms with Crippen LogP contribution in [0.4, 0.5) is 0 Å². The van der Waals surface area contributed by atoms with E-state index in [1.54, 1.807) is 0 Å². The van der Waals surface area contributed by atoms with E-state index in [-0.39, 0.29) is 11.9 Å². The fraction of sp³-hybridized carbons (Fsp3) is 0.958. The fourth-order valence-electron chi connectivity index (χ4n) is 7.03. The van der Waals surface area contributed by atoms with Crippen molar-refractivity contribution in [3.63, 3.8) is 0 Å². The molecule has 0 spiro atoms. The van der Waals surface area contributed by atoms with Gasteiger partial charge in [0, 0.05) is 16.0 Å². The van der Waals surface area contributed by atoms with Gasteiger partial charge in [0.15, 0.2) is 0 Å². The molecule has 4 fully saturated rings. The van der Waals surface area contributed by atoms with Crippen LogP contribution in [-0.4, -0.2) is 40.5 Å². The second-order valence-corrected chi connectivity index (χ2v) is 11.9. The van der Waals surface area contributed by atoms with E-state index in [0.29, 0.717) is 30.5 Å². The molecule has 2 heterocycles. The van der Waals surface area contributed by atoms with Crippen LogP contribution in [0.1, 0.15) is 84.0 Å². The van der Waals surface area contributed by atoms with Gasteiger partial charge < -0.3 is 4.74 Å². The molecule has 4 rings (SSSR count). The molecule has 0 aromatic carbocycles. The molecule has 0 aromatic rings. The van der Waals surface area contributed by atoms with Gasteiger partial charge in [0.2, 0.25) is 0 Å². The Morgan fingerprint density at radius 2 is 1.82 bits per heavy atom.